The second kappa shape index (κ2) is 10.6. The number of fused-ring (bicyclic) bond motifs is 1. The van der Waals surface area contributed by atoms with Crippen LogP contribution < -0.4 is 19.5 Å². The summed E-state index contributed by atoms with van der Waals surface area (Å²) >= 11 is 0. The first kappa shape index (κ1) is 24.4. The third-order valence-corrected chi connectivity index (χ3v) is 5.34. The summed E-state index contributed by atoms with van der Waals surface area (Å²) in [6.45, 7) is 12.9. The number of amides is 1. The number of carbonyl (C=O) groups is 1. The molecule has 178 valence electrons. The van der Waals surface area contributed by atoms with Gasteiger partial charge >= 0.3 is 0 Å². The fourth-order valence-corrected chi connectivity index (χ4v) is 3.90. The molecule has 0 aliphatic rings. The second-order valence-electron chi connectivity index (χ2n) is 8.36. The zero-order valence-electron chi connectivity index (χ0n) is 20.6. The van der Waals surface area contributed by atoms with E-state index in [9.17, 15) is 4.79 Å². The van der Waals surface area contributed by atoms with Gasteiger partial charge in [0.25, 0.3) is 5.91 Å². The van der Waals surface area contributed by atoms with Gasteiger partial charge in [0, 0.05) is 12.7 Å². The molecule has 0 spiro atoms. The summed E-state index contributed by atoms with van der Waals surface area (Å²) in [6.07, 6.45) is 0. The Hall–Kier alpha value is -3.29. The lowest BCUT2D eigenvalue weighted by Gasteiger charge is -2.24. The first-order valence-electron chi connectivity index (χ1n) is 11.4. The predicted octanol–water partition coefficient (Wildman–Crippen LogP) is 4.27. The van der Waals surface area contributed by atoms with Crippen molar-refractivity contribution in [2.24, 2.45) is 13.0 Å². The fraction of sp³-hybridized carbons (Fsp3) is 0.480. The molecule has 2 heterocycles. The van der Waals surface area contributed by atoms with Gasteiger partial charge in [-0.1, -0.05) is 19.9 Å². The van der Waals surface area contributed by atoms with Crippen LogP contribution in [0.2, 0.25) is 0 Å². The molecule has 0 aliphatic carbocycles. The van der Waals surface area contributed by atoms with Gasteiger partial charge in [-0.05, 0) is 62.9 Å². The number of carbonyl (C=O) groups excluding carboxylic acids is 1. The van der Waals surface area contributed by atoms with Gasteiger partial charge < -0.3 is 19.5 Å². The van der Waals surface area contributed by atoms with Gasteiger partial charge in [0.15, 0.2) is 23.8 Å². The van der Waals surface area contributed by atoms with Crippen molar-refractivity contribution in [3.05, 3.63) is 41.1 Å². The molecule has 8 nitrogen and oxygen atoms in total. The molecule has 0 radical (unpaired) electrons. The molecule has 0 saturated heterocycles. The summed E-state index contributed by atoms with van der Waals surface area (Å²) in [5.41, 5.74) is 3.61. The largest absolute Gasteiger partial charge is 0.490 e. The van der Waals surface area contributed by atoms with E-state index in [-0.39, 0.29) is 24.5 Å². The summed E-state index contributed by atoms with van der Waals surface area (Å²) in [7, 11) is 1.82. The molecule has 3 aromatic rings. The zero-order valence-corrected chi connectivity index (χ0v) is 20.6. The summed E-state index contributed by atoms with van der Waals surface area (Å²) in [5.74, 6) is 1.71. The molecule has 3 rings (SSSR count). The average Bonchev–Trinajstić information content (AvgIpc) is 3.07. The van der Waals surface area contributed by atoms with Crippen molar-refractivity contribution in [3.8, 4) is 17.4 Å². The molecular weight excluding hydrogens is 420 g/mol. The van der Waals surface area contributed by atoms with E-state index >= 15 is 0 Å². The Balaban J connectivity index is 1.76. The van der Waals surface area contributed by atoms with E-state index in [1.807, 2.05) is 59.0 Å². The van der Waals surface area contributed by atoms with E-state index in [0.717, 1.165) is 27.9 Å². The van der Waals surface area contributed by atoms with E-state index in [2.05, 4.69) is 29.2 Å². The minimum atomic E-state index is -0.225. The fourth-order valence-electron chi connectivity index (χ4n) is 3.90. The van der Waals surface area contributed by atoms with Gasteiger partial charge in [0.2, 0.25) is 5.88 Å². The average molecular weight is 455 g/mol. The maximum absolute atomic E-state index is 12.8. The third kappa shape index (κ3) is 5.56. The van der Waals surface area contributed by atoms with Gasteiger partial charge in [-0.25, -0.2) is 9.67 Å². The molecule has 1 amide bonds. The number of hydrogen-bond acceptors (Lipinski definition) is 6. The van der Waals surface area contributed by atoms with E-state index in [1.54, 1.807) is 4.68 Å². The molecule has 1 N–H and O–H groups in total. The summed E-state index contributed by atoms with van der Waals surface area (Å²) in [5, 5.41) is 8.33. The number of hydrogen-bond donors (Lipinski definition) is 1. The van der Waals surface area contributed by atoms with Crippen molar-refractivity contribution in [2.45, 2.75) is 47.6 Å². The maximum Gasteiger partial charge on any atom is 0.258 e. The summed E-state index contributed by atoms with van der Waals surface area (Å²) in [4.78, 5) is 17.4. The molecule has 0 aliphatic heterocycles. The van der Waals surface area contributed by atoms with Gasteiger partial charge in [0.1, 0.15) is 0 Å². The lowest BCUT2D eigenvalue weighted by atomic mass is 9.95. The van der Waals surface area contributed by atoms with Crippen LogP contribution in [-0.4, -0.2) is 40.5 Å². The number of ether oxygens (including phenoxy) is 3. The van der Waals surface area contributed by atoms with E-state index in [4.69, 9.17) is 14.2 Å². The lowest BCUT2D eigenvalue weighted by molar-refractivity contribution is -0.124. The number of aryl methyl sites for hydroxylation is 3. The molecule has 33 heavy (non-hydrogen) atoms. The lowest BCUT2D eigenvalue weighted by Crippen LogP contribution is -2.35. The van der Waals surface area contributed by atoms with Crippen LogP contribution in [0.25, 0.3) is 11.0 Å². The quantitative estimate of drug-likeness (QED) is 0.492. The molecule has 1 atom stereocenters. The van der Waals surface area contributed by atoms with Crippen LogP contribution in [0.5, 0.6) is 17.4 Å². The van der Waals surface area contributed by atoms with Crippen LogP contribution in [0.15, 0.2) is 24.3 Å². The molecule has 1 aromatic carbocycles. The van der Waals surface area contributed by atoms with Crippen molar-refractivity contribution >= 4 is 16.9 Å². The van der Waals surface area contributed by atoms with Crippen LogP contribution in [0.4, 0.5) is 0 Å². The molecule has 2 aromatic heterocycles. The smallest absolute Gasteiger partial charge is 0.258 e. The minimum Gasteiger partial charge on any atom is -0.490 e. The Kier molecular flexibility index (Phi) is 7.79. The van der Waals surface area contributed by atoms with E-state index in [0.29, 0.717) is 30.6 Å². The van der Waals surface area contributed by atoms with E-state index in [1.165, 1.54) is 0 Å². The first-order valence-corrected chi connectivity index (χ1v) is 11.4. The van der Waals surface area contributed by atoms with Crippen molar-refractivity contribution in [1.82, 2.24) is 20.1 Å². The SMILES string of the molecule is CCOc1ccc(C(NC(=O)COc2nn(C)c3nc(C)cc(C)c23)C(C)C)cc1OCC. The summed E-state index contributed by atoms with van der Waals surface area (Å²) < 4.78 is 18.9. The maximum atomic E-state index is 12.8. The first-order chi connectivity index (χ1) is 15.7. The number of aromatic nitrogens is 3. The standard InChI is InChI=1S/C25H34N4O4/c1-8-31-19-11-10-18(13-20(19)32-9-2)23(15(3)4)27-21(30)14-33-25-22-16(5)12-17(6)26-24(22)29(7)28-25/h10-13,15,23H,8-9,14H2,1-7H3,(H,27,30). The molecule has 8 heteroatoms. The molecular formula is C25H34N4O4. The van der Waals surface area contributed by atoms with Gasteiger partial charge in [-0.3, -0.25) is 4.79 Å². The van der Waals surface area contributed by atoms with Crippen LogP contribution in [0, 0.1) is 19.8 Å². The Morgan fingerprint density at radius 2 is 1.76 bits per heavy atom. The Labute approximate surface area is 195 Å². The van der Waals surface area contributed by atoms with Crippen molar-refractivity contribution in [1.29, 1.82) is 0 Å². The second-order valence-corrected chi connectivity index (χ2v) is 8.36. The highest BCUT2D eigenvalue weighted by atomic mass is 16.5. The monoisotopic (exact) mass is 454 g/mol. The highest BCUT2D eigenvalue weighted by molar-refractivity contribution is 5.85. The third-order valence-electron chi connectivity index (χ3n) is 5.34. The van der Waals surface area contributed by atoms with Crippen LogP contribution >= 0.6 is 0 Å². The molecule has 0 fully saturated rings. The number of benzene rings is 1. The van der Waals surface area contributed by atoms with E-state index < -0.39 is 0 Å². The number of nitrogens with zero attached hydrogens (tertiary/aromatic N) is 3. The number of rotatable bonds is 10. The Morgan fingerprint density at radius 3 is 2.42 bits per heavy atom. The zero-order chi connectivity index (χ0) is 24.1. The summed E-state index contributed by atoms with van der Waals surface area (Å²) in [6, 6.07) is 7.56. The Bertz CT molecular complexity index is 1120. The molecule has 0 bridgehead atoms. The van der Waals surface area contributed by atoms with Gasteiger partial charge in [0.05, 0.1) is 24.6 Å². The van der Waals surface area contributed by atoms with Crippen molar-refractivity contribution in [2.75, 3.05) is 19.8 Å². The predicted molar refractivity (Wildman–Crippen MR) is 128 cm³/mol. The molecule has 1 unspecified atom stereocenters. The van der Waals surface area contributed by atoms with Crippen LogP contribution in [0.3, 0.4) is 0 Å². The van der Waals surface area contributed by atoms with Crippen LogP contribution in [-0.2, 0) is 11.8 Å². The van der Waals surface area contributed by atoms with Gasteiger partial charge in [-0.15, -0.1) is 5.10 Å². The molecule has 0 saturated carbocycles. The van der Waals surface area contributed by atoms with Gasteiger partial charge in [-0.2, -0.15) is 0 Å². The van der Waals surface area contributed by atoms with Crippen molar-refractivity contribution < 1.29 is 19.0 Å². The minimum absolute atomic E-state index is 0.141. The number of nitrogens with one attached hydrogen (secondary N) is 1. The topological polar surface area (TPSA) is 87.5 Å². The highest BCUT2D eigenvalue weighted by Crippen LogP contribution is 2.33. The number of pyridine rings is 1. The Morgan fingerprint density at radius 1 is 1.06 bits per heavy atom. The normalized spacial score (nSPS) is 12.1. The van der Waals surface area contributed by atoms with Crippen LogP contribution in [0.1, 0.15) is 50.6 Å². The van der Waals surface area contributed by atoms with Crippen molar-refractivity contribution in [3.63, 3.8) is 0 Å². The highest BCUT2D eigenvalue weighted by Gasteiger charge is 2.22.